The number of hydrogen-bond acceptors (Lipinski definition) is 2. The largest absolute Gasteiger partial charge is 0.481 e. The van der Waals surface area contributed by atoms with E-state index in [1.54, 1.807) is 12.1 Å². The van der Waals surface area contributed by atoms with Crippen LogP contribution in [0, 0.1) is 11.8 Å². The summed E-state index contributed by atoms with van der Waals surface area (Å²) in [7, 11) is 0. The van der Waals surface area contributed by atoms with Crippen LogP contribution in [0.5, 0.6) is 0 Å². The van der Waals surface area contributed by atoms with Gasteiger partial charge in [-0.1, -0.05) is 39.1 Å². The predicted octanol–water partition coefficient (Wildman–Crippen LogP) is 4.20. The van der Waals surface area contributed by atoms with Crippen molar-refractivity contribution in [2.45, 2.75) is 19.3 Å². The molecule has 1 amide bonds. The molecule has 1 saturated carbocycles. The first-order valence-electron chi connectivity index (χ1n) is 6.06. The van der Waals surface area contributed by atoms with Crippen molar-refractivity contribution in [3.63, 3.8) is 0 Å². The van der Waals surface area contributed by atoms with Gasteiger partial charge in [0, 0.05) is 10.4 Å². The molecule has 0 aromatic heterocycles. The zero-order valence-corrected chi connectivity index (χ0v) is 13.4. The van der Waals surface area contributed by atoms with E-state index in [0.717, 1.165) is 4.47 Å². The lowest BCUT2D eigenvalue weighted by Crippen LogP contribution is -2.22. The van der Waals surface area contributed by atoms with E-state index >= 15 is 0 Å². The third-order valence-electron chi connectivity index (χ3n) is 3.41. The molecule has 0 radical (unpaired) electrons. The third-order valence-corrected chi connectivity index (χ3v) is 4.46. The summed E-state index contributed by atoms with van der Waals surface area (Å²) in [5.41, 5.74) is 0.361. The molecule has 108 valence electrons. The van der Waals surface area contributed by atoms with Crippen molar-refractivity contribution in [3.05, 3.63) is 26.7 Å². The topological polar surface area (TPSA) is 66.4 Å². The zero-order chi connectivity index (χ0) is 14.9. The molecule has 0 bridgehead atoms. The Kier molecular flexibility index (Phi) is 4.94. The van der Waals surface area contributed by atoms with Gasteiger partial charge in [-0.2, -0.15) is 0 Å². The van der Waals surface area contributed by atoms with E-state index in [2.05, 4.69) is 21.2 Å². The minimum atomic E-state index is -0.847. The number of amides is 1. The average molecular weight is 381 g/mol. The van der Waals surface area contributed by atoms with Gasteiger partial charge in [0.2, 0.25) is 5.91 Å². The number of hydrogen-bond donors (Lipinski definition) is 2. The third kappa shape index (κ3) is 3.45. The summed E-state index contributed by atoms with van der Waals surface area (Å²) in [6, 6.07) is 3.27. The summed E-state index contributed by atoms with van der Waals surface area (Å²) in [5, 5.41) is 12.3. The second-order valence-corrected chi connectivity index (χ2v) is 6.51. The number of carboxylic acids is 1. The molecule has 2 atom stereocenters. The minimum absolute atomic E-state index is 0.236. The van der Waals surface area contributed by atoms with Crippen LogP contribution in [0.25, 0.3) is 0 Å². The molecule has 0 spiro atoms. The van der Waals surface area contributed by atoms with Gasteiger partial charge in [-0.25, -0.2) is 0 Å². The highest BCUT2D eigenvalue weighted by atomic mass is 79.9. The van der Waals surface area contributed by atoms with E-state index in [1.165, 1.54) is 0 Å². The minimum Gasteiger partial charge on any atom is -0.481 e. The van der Waals surface area contributed by atoms with Gasteiger partial charge in [0.05, 0.1) is 21.7 Å². The number of aliphatic carboxylic acids is 1. The van der Waals surface area contributed by atoms with Crippen molar-refractivity contribution in [2.75, 3.05) is 5.32 Å². The summed E-state index contributed by atoms with van der Waals surface area (Å²) in [4.78, 5) is 23.0. The number of benzene rings is 1. The van der Waals surface area contributed by atoms with Gasteiger partial charge in [-0.3, -0.25) is 9.59 Å². The number of carbonyl (C=O) groups is 2. The average Bonchev–Trinajstić information content (AvgIpc) is 2.83. The van der Waals surface area contributed by atoms with Crippen molar-refractivity contribution < 1.29 is 14.7 Å². The van der Waals surface area contributed by atoms with Crippen LogP contribution in [-0.2, 0) is 9.59 Å². The quantitative estimate of drug-likeness (QED) is 0.825. The van der Waals surface area contributed by atoms with Gasteiger partial charge in [-0.15, -0.1) is 0 Å². The smallest absolute Gasteiger partial charge is 0.306 e. The van der Waals surface area contributed by atoms with Gasteiger partial charge in [-0.05, 0) is 31.4 Å². The lowest BCUT2D eigenvalue weighted by atomic mass is 10.0. The Morgan fingerprint density at radius 2 is 1.75 bits per heavy atom. The molecule has 1 aliphatic carbocycles. The van der Waals surface area contributed by atoms with Gasteiger partial charge in [0.25, 0.3) is 0 Å². The highest BCUT2D eigenvalue weighted by molar-refractivity contribution is 9.10. The van der Waals surface area contributed by atoms with Crippen molar-refractivity contribution in [2.24, 2.45) is 11.8 Å². The van der Waals surface area contributed by atoms with E-state index in [1.807, 2.05) is 0 Å². The second kappa shape index (κ2) is 6.33. The Labute approximate surface area is 134 Å². The van der Waals surface area contributed by atoms with E-state index in [9.17, 15) is 9.59 Å². The Morgan fingerprint density at radius 3 is 2.25 bits per heavy atom. The molecule has 1 aromatic rings. The zero-order valence-electron chi connectivity index (χ0n) is 10.3. The highest BCUT2D eigenvalue weighted by Crippen LogP contribution is 2.36. The summed E-state index contributed by atoms with van der Waals surface area (Å²) in [6.07, 6.45) is 1.44. The van der Waals surface area contributed by atoms with Crippen LogP contribution in [0.15, 0.2) is 16.6 Å². The molecular weight excluding hydrogens is 369 g/mol. The maximum Gasteiger partial charge on any atom is 0.306 e. The van der Waals surface area contributed by atoms with Gasteiger partial charge >= 0.3 is 5.97 Å². The Hall–Kier alpha value is -0.780. The summed E-state index contributed by atoms with van der Waals surface area (Å²) in [5.74, 6) is -1.84. The summed E-state index contributed by atoms with van der Waals surface area (Å²) < 4.78 is 0.720. The maximum atomic E-state index is 12.1. The molecule has 7 heteroatoms. The Bertz CT molecular complexity index is 542. The van der Waals surface area contributed by atoms with Gasteiger partial charge in [0.15, 0.2) is 0 Å². The molecule has 0 aliphatic heterocycles. The fourth-order valence-electron chi connectivity index (χ4n) is 2.33. The van der Waals surface area contributed by atoms with Gasteiger partial charge < -0.3 is 10.4 Å². The number of carbonyl (C=O) groups excluding carboxylic acids is 1. The van der Waals surface area contributed by atoms with Crippen molar-refractivity contribution in [1.29, 1.82) is 0 Å². The first-order chi connectivity index (χ1) is 9.38. The SMILES string of the molecule is O=C(O)C1CCC(C(=O)Nc2c(Cl)cc(Br)cc2Cl)C1. The van der Waals surface area contributed by atoms with Gasteiger partial charge in [0.1, 0.15) is 0 Å². The highest BCUT2D eigenvalue weighted by Gasteiger charge is 2.34. The van der Waals surface area contributed by atoms with Crippen LogP contribution in [0.3, 0.4) is 0 Å². The standard InChI is InChI=1S/C13H12BrCl2NO3/c14-8-4-9(15)11(10(16)5-8)17-12(18)6-1-2-7(3-6)13(19)20/h4-7H,1-3H2,(H,17,18)(H,19,20). The number of anilines is 1. The monoisotopic (exact) mass is 379 g/mol. The van der Waals surface area contributed by atoms with E-state index in [4.69, 9.17) is 28.3 Å². The molecule has 2 unspecified atom stereocenters. The maximum absolute atomic E-state index is 12.1. The van der Waals surface area contributed by atoms with Crippen LogP contribution in [-0.4, -0.2) is 17.0 Å². The summed E-state index contributed by atoms with van der Waals surface area (Å²) >= 11 is 15.3. The van der Waals surface area contributed by atoms with Crippen LogP contribution >= 0.6 is 39.1 Å². The molecule has 2 rings (SSSR count). The number of nitrogens with one attached hydrogen (secondary N) is 1. The first kappa shape index (κ1) is 15.6. The Balaban J connectivity index is 2.08. The summed E-state index contributed by atoms with van der Waals surface area (Å²) in [6.45, 7) is 0. The molecule has 2 N–H and O–H groups in total. The second-order valence-electron chi connectivity index (χ2n) is 4.78. The van der Waals surface area contributed by atoms with Crippen molar-refractivity contribution in [1.82, 2.24) is 0 Å². The lowest BCUT2D eigenvalue weighted by molar-refractivity contribution is -0.141. The molecular formula is C13H12BrCl2NO3. The molecule has 1 aliphatic rings. The van der Waals surface area contributed by atoms with Crippen LogP contribution in [0.4, 0.5) is 5.69 Å². The fourth-order valence-corrected chi connectivity index (χ4v) is 3.63. The predicted molar refractivity (Wildman–Crippen MR) is 81.3 cm³/mol. The van der Waals surface area contributed by atoms with Crippen LogP contribution < -0.4 is 5.32 Å². The Morgan fingerprint density at radius 1 is 1.20 bits per heavy atom. The number of halogens is 3. The normalized spacial score (nSPS) is 21.8. The molecule has 0 saturated heterocycles. The van der Waals surface area contributed by atoms with Crippen molar-refractivity contribution in [3.8, 4) is 0 Å². The van der Waals surface area contributed by atoms with E-state index in [0.29, 0.717) is 35.0 Å². The fraction of sp³-hybridized carbons (Fsp3) is 0.385. The molecule has 20 heavy (non-hydrogen) atoms. The molecule has 0 heterocycles. The molecule has 1 aromatic carbocycles. The van der Waals surface area contributed by atoms with Crippen LogP contribution in [0.2, 0.25) is 10.0 Å². The van der Waals surface area contributed by atoms with E-state index in [-0.39, 0.29) is 11.8 Å². The lowest BCUT2D eigenvalue weighted by Gasteiger charge is -2.13. The molecule has 4 nitrogen and oxygen atoms in total. The van der Waals surface area contributed by atoms with E-state index < -0.39 is 11.9 Å². The van der Waals surface area contributed by atoms with Crippen molar-refractivity contribution >= 4 is 56.7 Å². The van der Waals surface area contributed by atoms with Crippen LogP contribution in [0.1, 0.15) is 19.3 Å². The first-order valence-corrected chi connectivity index (χ1v) is 7.61. The molecule has 1 fully saturated rings. The number of carboxylic acid groups (broad SMARTS) is 1. The number of rotatable bonds is 3.